The molecule has 82 valence electrons. The van der Waals surface area contributed by atoms with Crippen LogP contribution >= 0.6 is 0 Å². The molecule has 3 unspecified atom stereocenters. The first-order valence-corrected chi connectivity index (χ1v) is 5.28. The number of hydrogen-bond donors (Lipinski definition) is 2. The molecule has 0 aromatic heterocycles. The lowest BCUT2D eigenvalue weighted by atomic mass is 10.1. The summed E-state index contributed by atoms with van der Waals surface area (Å²) in [6.07, 6.45) is 0.673. The Morgan fingerprint density at radius 2 is 2.29 bits per heavy atom. The van der Waals surface area contributed by atoms with Crippen LogP contribution < -0.4 is 5.32 Å². The van der Waals surface area contributed by atoms with Crippen LogP contribution in [0.25, 0.3) is 0 Å². The smallest absolute Gasteiger partial charge is 0.320 e. The van der Waals surface area contributed by atoms with Crippen LogP contribution in [0.5, 0.6) is 0 Å². The highest BCUT2D eigenvalue weighted by atomic mass is 16.4. The number of carboxylic acid groups (broad SMARTS) is 1. The molecule has 0 bridgehead atoms. The maximum Gasteiger partial charge on any atom is 0.320 e. The van der Waals surface area contributed by atoms with Gasteiger partial charge in [-0.3, -0.25) is 9.69 Å². The molecule has 1 fully saturated rings. The van der Waals surface area contributed by atoms with Gasteiger partial charge in [0.25, 0.3) is 0 Å². The molecule has 0 radical (unpaired) electrons. The van der Waals surface area contributed by atoms with E-state index in [1.54, 1.807) is 0 Å². The van der Waals surface area contributed by atoms with Crippen LogP contribution in [0.1, 0.15) is 27.2 Å². The third-order valence-corrected chi connectivity index (χ3v) is 2.88. The van der Waals surface area contributed by atoms with E-state index < -0.39 is 5.97 Å². The molecule has 1 saturated heterocycles. The Morgan fingerprint density at radius 1 is 1.64 bits per heavy atom. The standard InChI is InChI=1S/C10H20N2O2/c1-4-9(10(13)14)12-6-7(2)11-5-8(12)3/h7-9,11H,4-6H2,1-3H3,(H,13,14). The Hall–Kier alpha value is -0.610. The maximum atomic E-state index is 11.0. The van der Waals surface area contributed by atoms with Gasteiger partial charge in [0.05, 0.1) is 0 Å². The van der Waals surface area contributed by atoms with E-state index >= 15 is 0 Å². The lowest BCUT2D eigenvalue weighted by molar-refractivity contribution is -0.145. The Bertz CT molecular complexity index is 208. The van der Waals surface area contributed by atoms with E-state index in [2.05, 4.69) is 24.1 Å². The van der Waals surface area contributed by atoms with Crippen molar-refractivity contribution in [3.8, 4) is 0 Å². The summed E-state index contributed by atoms with van der Waals surface area (Å²) in [4.78, 5) is 13.1. The van der Waals surface area contributed by atoms with Crippen molar-refractivity contribution in [1.82, 2.24) is 10.2 Å². The zero-order valence-corrected chi connectivity index (χ0v) is 9.16. The minimum Gasteiger partial charge on any atom is -0.480 e. The Balaban J connectivity index is 2.66. The van der Waals surface area contributed by atoms with Crippen molar-refractivity contribution in [2.24, 2.45) is 0 Å². The minimum absolute atomic E-state index is 0.312. The molecule has 4 heteroatoms. The summed E-state index contributed by atoms with van der Waals surface area (Å²) in [5.41, 5.74) is 0. The molecule has 0 aliphatic carbocycles. The zero-order chi connectivity index (χ0) is 10.7. The SMILES string of the molecule is CCC(C(=O)O)N1CC(C)NCC1C. The highest BCUT2D eigenvalue weighted by Gasteiger charge is 2.31. The van der Waals surface area contributed by atoms with Gasteiger partial charge in [0.2, 0.25) is 0 Å². The summed E-state index contributed by atoms with van der Waals surface area (Å²) in [5.74, 6) is -0.701. The lowest BCUT2D eigenvalue weighted by Gasteiger charge is -2.40. The third-order valence-electron chi connectivity index (χ3n) is 2.88. The number of hydrogen-bond acceptors (Lipinski definition) is 3. The summed E-state index contributed by atoms with van der Waals surface area (Å²) in [7, 11) is 0. The van der Waals surface area contributed by atoms with Crippen LogP contribution in [0.15, 0.2) is 0 Å². The van der Waals surface area contributed by atoms with Crippen molar-refractivity contribution >= 4 is 5.97 Å². The second-order valence-electron chi connectivity index (χ2n) is 4.12. The van der Waals surface area contributed by atoms with Gasteiger partial charge in [-0.2, -0.15) is 0 Å². The van der Waals surface area contributed by atoms with Crippen molar-refractivity contribution in [3.05, 3.63) is 0 Å². The Morgan fingerprint density at radius 3 is 2.79 bits per heavy atom. The summed E-state index contributed by atoms with van der Waals surface area (Å²) < 4.78 is 0. The van der Waals surface area contributed by atoms with Gasteiger partial charge in [-0.25, -0.2) is 0 Å². The van der Waals surface area contributed by atoms with Crippen LogP contribution in [0.3, 0.4) is 0 Å². The summed E-state index contributed by atoms with van der Waals surface area (Å²) in [5, 5.41) is 12.4. The number of carbonyl (C=O) groups is 1. The topological polar surface area (TPSA) is 52.6 Å². The number of rotatable bonds is 3. The van der Waals surface area contributed by atoms with Crippen LogP contribution in [-0.4, -0.2) is 47.2 Å². The van der Waals surface area contributed by atoms with Gasteiger partial charge in [0.15, 0.2) is 0 Å². The first-order chi connectivity index (χ1) is 6.56. The van der Waals surface area contributed by atoms with E-state index in [4.69, 9.17) is 5.11 Å². The van der Waals surface area contributed by atoms with Crippen LogP contribution in [-0.2, 0) is 4.79 Å². The molecule has 1 aliphatic rings. The molecule has 4 nitrogen and oxygen atoms in total. The molecule has 1 heterocycles. The molecular weight excluding hydrogens is 180 g/mol. The van der Waals surface area contributed by atoms with E-state index in [0.29, 0.717) is 18.5 Å². The molecular formula is C10H20N2O2. The molecule has 0 saturated carbocycles. The normalized spacial score (nSPS) is 31.4. The molecule has 0 aromatic carbocycles. The zero-order valence-electron chi connectivity index (χ0n) is 9.16. The highest BCUT2D eigenvalue weighted by molar-refractivity contribution is 5.73. The number of piperazine rings is 1. The Kier molecular flexibility index (Phi) is 3.89. The molecule has 0 aromatic rings. The summed E-state index contributed by atoms with van der Waals surface area (Å²) in [6, 6.07) is 0.376. The van der Waals surface area contributed by atoms with Gasteiger partial charge in [-0.1, -0.05) is 6.92 Å². The van der Waals surface area contributed by atoms with Crippen LogP contribution in [0.4, 0.5) is 0 Å². The van der Waals surface area contributed by atoms with Crippen LogP contribution in [0, 0.1) is 0 Å². The molecule has 0 spiro atoms. The third kappa shape index (κ3) is 2.45. The predicted octanol–water partition coefficient (Wildman–Crippen LogP) is 0.532. The van der Waals surface area contributed by atoms with Crippen molar-refractivity contribution in [2.45, 2.75) is 45.3 Å². The quantitative estimate of drug-likeness (QED) is 0.698. The van der Waals surface area contributed by atoms with Crippen molar-refractivity contribution in [2.75, 3.05) is 13.1 Å². The molecule has 3 atom stereocenters. The maximum absolute atomic E-state index is 11.0. The van der Waals surface area contributed by atoms with E-state index in [1.165, 1.54) is 0 Å². The van der Waals surface area contributed by atoms with Gasteiger partial charge in [0.1, 0.15) is 6.04 Å². The van der Waals surface area contributed by atoms with Gasteiger partial charge < -0.3 is 10.4 Å². The fourth-order valence-electron chi connectivity index (χ4n) is 2.04. The van der Waals surface area contributed by atoms with Gasteiger partial charge in [-0.15, -0.1) is 0 Å². The Labute approximate surface area is 85.3 Å². The fourth-order valence-corrected chi connectivity index (χ4v) is 2.04. The molecule has 1 rings (SSSR count). The van der Waals surface area contributed by atoms with E-state index in [0.717, 1.165) is 13.1 Å². The number of carboxylic acids is 1. The largest absolute Gasteiger partial charge is 0.480 e. The number of nitrogens with one attached hydrogen (secondary N) is 1. The minimum atomic E-state index is -0.701. The summed E-state index contributed by atoms with van der Waals surface area (Å²) >= 11 is 0. The van der Waals surface area contributed by atoms with Gasteiger partial charge >= 0.3 is 5.97 Å². The number of nitrogens with zero attached hydrogens (tertiary/aromatic N) is 1. The van der Waals surface area contributed by atoms with Crippen molar-refractivity contribution in [1.29, 1.82) is 0 Å². The highest BCUT2D eigenvalue weighted by Crippen LogP contribution is 2.13. The van der Waals surface area contributed by atoms with Gasteiger partial charge in [0, 0.05) is 25.2 Å². The van der Waals surface area contributed by atoms with Crippen molar-refractivity contribution in [3.63, 3.8) is 0 Å². The predicted molar refractivity (Wildman–Crippen MR) is 55.3 cm³/mol. The van der Waals surface area contributed by atoms with E-state index in [1.807, 2.05) is 6.92 Å². The number of aliphatic carboxylic acids is 1. The lowest BCUT2D eigenvalue weighted by Crippen LogP contribution is -2.59. The van der Waals surface area contributed by atoms with E-state index in [-0.39, 0.29) is 6.04 Å². The van der Waals surface area contributed by atoms with Gasteiger partial charge in [-0.05, 0) is 20.3 Å². The summed E-state index contributed by atoms with van der Waals surface area (Å²) in [6.45, 7) is 7.80. The first-order valence-electron chi connectivity index (χ1n) is 5.28. The van der Waals surface area contributed by atoms with Crippen LogP contribution in [0.2, 0.25) is 0 Å². The second kappa shape index (κ2) is 4.75. The van der Waals surface area contributed by atoms with E-state index in [9.17, 15) is 4.79 Å². The monoisotopic (exact) mass is 200 g/mol. The molecule has 1 aliphatic heterocycles. The average molecular weight is 200 g/mol. The molecule has 2 N–H and O–H groups in total. The second-order valence-corrected chi connectivity index (χ2v) is 4.12. The first kappa shape index (κ1) is 11.5. The molecule has 0 amide bonds. The van der Waals surface area contributed by atoms with Crippen molar-refractivity contribution < 1.29 is 9.90 Å². The molecule has 14 heavy (non-hydrogen) atoms. The average Bonchev–Trinajstić information content (AvgIpc) is 2.11. The fraction of sp³-hybridized carbons (Fsp3) is 0.900.